The molecule has 1 saturated heterocycles. The molecular weight excluding hydrogens is 347 g/mol. The van der Waals surface area contributed by atoms with Gasteiger partial charge in [0.05, 0.1) is 5.75 Å². The van der Waals surface area contributed by atoms with Crippen molar-refractivity contribution in [2.75, 3.05) is 19.6 Å². The second kappa shape index (κ2) is 7.29. The number of carbonyl (C=O) groups is 1. The Labute approximate surface area is 148 Å². The number of benzene rings is 1. The first kappa shape index (κ1) is 19.7. The van der Waals surface area contributed by atoms with Gasteiger partial charge < -0.3 is 9.64 Å². The van der Waals surface area contributed by atoms with Crippen molar-refractivity contribution in [1.82, 2.24) is 9.21 Å². The van der Waals surface area contributed by atoms with E-state index in [9.17, 15) is 17.6 Å². The van der Waals surface area contributed by atoms with E-state index >= 15 is 0 Å². The highest BCUT2D eigenvalue weighted by atomic mass is 32.2. The number of carbonyl (C=O) groups excluding carboxylic acids is 1. The van der Waals surface area contributed by atoms with Crippen molar-refractivity contribution in [3.05, 3.63) is 35.6 Å². The first-order valence-electron chi connectivity index (χ1n) is 8.20. The molecule has 1 aromatic carbocycles. The Morgan fingerprint density at radius 3 is 2.36 bits per heavy atom. The summed E-state index contributed by atoms with van der Waals surface area (Å²) in [6.45, 7) is 7.87. The number of hydrogen-bond donors (Lipinski definition) is 0. The number of ether oxygens (including phenoxy) is 1. The van der Waals surface area contributed by atoms with Crippen LogP contribution in [0.3, 0.4) is 0 Å². The first-order chi connectivity index (χ1) is 11.5. The van der Waals surface area contributed by atoms with Gasteiger partial charge in [-0.05, 0) is 45.4 Å². The highest BCUT2D eigenvalue weighted by Crippen LogP contribution is 2.19. The second-order valence-corrected chi connectivity index (χ2v) is 9.23. The van der Waals surface area contributed by atoms with Crippen molar-refractivity contribution >= 4 is 16.1 Å². The average Bonchev–Trinajstić information content (AvgIpc) is 2.47. The topological polar surface area (TPSA) is 66.9 Å². The van der Waals surface area contributed by atoms with Crippen molar-refractivity contribution in [3.8, 4) is 0 Å². The Morgan fingerprint density at radius 1 is 1.24 bits per heavy atom. The summed E-state index contributed by atoms with van der Waals surface area (Å²) in [6.07, 6.45) is -0.435. The zero-order chi connectivity index (χ0) is 18.8. The molecule has 1 atom stereocenters. The van der Waals surface area contributed by atoms with Crippen LogP contribution in [0, 0.1) is 5.82 Å². The SMILES string of the molecule is CC1CN(S(=O)(=O)Cc2ccc(F)cc2)CCN1C(=O)OC(C)(C)C. The molecule has 0 spiro atoms. The maximum Gasteiger partial charge on any atom is 0.410 e. The molecule has 1 heterocycles. The third-order valence-corrected chi connectivity index (χ3v) is 5.69. The Bertz CT molecular complexity index is 713. The fraction of sp³-hybridized carbons (Fsp3) is 0.588. The van der Waals surface area contributed by atoms with Gasteiger partial charge in [0.15, 0.2) is 0 Å². The van der Waals surface area contributed by atoms with Crippen LogP contribution in [0.15, 0.2) is 24.3 Å². The Kier molecular flexibility index (Phi) is 5.73. The van der Waals surface area contributed by atoms with Crippen LogP contribution in [-0.2, 0) is 20.5 Å². The van der Waals surface area contributed by atoms with Gasteiger partial charge in [-0.3, -0.25) is 0 Å². The van der Waals surface area contributed by atoms with Crippen LogP contribution in [0.2, 0.25) is 0 Å². The van der Waals surface area contributed by atoms with Gasteiger partial charge in [-0.15, -0.1) is 0 Å². The average molecular weight is 372 g/mol. The van der Waals surface area contributed by atoms with Gasteiger partial charge in [-0.25, -0.2) is 17.6 Å². The van der Waals surface area contributed by atoms with Crippen LogP contribution in [0.5, 0.6) is 0 Å². The molecular formula is C17H25FN2O4S. The van der Waals surface area contributed by atoms with Gasteiger partial charge in [0.2, 0.25) is 10.0 Å². The Morgan fingerprint density at radius 2 is 1.84 bits per heavy atom. The van der Waals surface area contributed by atoms with E-state index in [0.29, 0.717) is 5.56 Å². The van der Waals surface area contributed by atoms with Gasteiger partial charge >= 0.3 is 6.09 Å². The highest BCUT2D eigenvalue weighted by molar-refractivity contribution is 7.88. The number of amides is 1. The summed E-state index contributed by atoms with van der Waals surface area (Å²) in [7, 11) is -3.53. The van der Waals surface area contributed by atoms with Gasteiger partial charge in [-0.2, -0.15) is 4.31 Å². The predicted molar refractivity (Wildman–Crippen MR) is 93.0 cm³/mol. The minimum Gasteiger partial charge on any atom is -0.444 e. The van der Waals surface area contributed by atoms with Crippen molar-refractivity contribution in [2.24, 2.45) is 0 Å². The lowest BCUT2D eigenvalue weighted by Gasteiger charge is -2.39. The van der Waals surface area contributed by atoms with Crippen LogP contribution < -0.4 is 0 Å². The Hall–Kier alpha value is -1.67. The molecule has 1 aliphatic heterocycles. The fourth-order valence-electron chi connectivity index (χ4n) is 2.65. The molecule has 1 unspecified atom stereocenters. The molecule has 0 aromatic heterocycles. The van der Waals surface area contributed by atoms with E-state index in [1.807, 2.05) is 0 Å². The molecule has 1 aromatic rings. The van der Waals surface area contributed by atoms with Crippen molar-refractivity contribution < 1.29 is 22.3 Å². The molecule has 0 aliphatic carbocycles. The van der Waals surface area contributed by atoms with Gasteiger partial charge in [0.1, 0.15) is 11.4 Å². The van der Waals surface area contributed by atoms with Crippen LogP contribution in [0.1, 0.15) is 33.3 Å². The molecule has 6 nitrogen and oxygen atoms in total. The quantitative estimate of drug-likeness (QED) is 0.818. The van der Waals surface area contributed by atoms with Gasteiger partial charge in [0, 0.05) is 25.7 Å². The molecule has 8 heteroatoms. The summed E-state index contributed by atoms with van der Waals surface area (Å²) < 4.78 is 44.9. The first-order valence-corrected chi connectivity index (χ1v) is 9.81. The summed E-state index contributed by atoms with van der Waals surface area (Å²) in [6, 6.07) is 5.13. The summed E-state index contributed by atoms with van der Waals surface area (Å²) in [5.41, 5.74) is -0.0635. The van der Waals surface area contributed by atoms with E-state index in [2.05, 4.69) is 0 Å². The zero-order valence-corrected chi connectivity index (χ0v) is 15.8. The maximum atomic E-state index is 13.0. The maximum absolute atomic E-state index is 13.0. The smallest absolute Gasteiger partial charge is 0.410 e. The van der Waals surface area contributed by atoms with E-state index < -0.39 is 27.5 Å². The van der Waals surface area contributed by atoms with E-state index in [1.165, 1.54) is 28.6 Å². The molecule has 140 valence electrons. The zero-order valence-electron chi connectivity index (χ0n) is 15.0. The molecule has 0 radical (unpaired) electrons. The van der Waals surface area contributed by atoms with E-state index in [4.69, 9.17) is 4.74 Å². The molecule has 0 bridgehead atoms. The highest BCUT2D eigenvalue weighted by Gasteiger charge is 2.35. The van der Waals surface area contributed by atoms with Crippen LogP contribution in [0.4, 0.5) is 9.18 Å². The van der Waals surface area contributed by atoms with Crippen LogP contribution in [-0.4, -0.2) is 55.0 Å². The van der Waals surface area contributed by atoms with E-state index in [1.54, 1.807) is 32.6 Å². The number of rotatable bonds is 3. The molecule has 2 rings (SSSR count). The van der Waals surface area contributed by atoms with Crippen molar-refractivity contribution in [1.29, 1.82) is 0 Å². The summed E-state index contributed by atoms with van der Waals surface area (Å²) in [4.78, 5) is 13.8. The fourth-order valence-corrected chi connectivity index (χ4v) is 4.25. The van der Waals surface area contributed by atoms with Crippen LogP contribution in [0.25, 0.3) is 0 Å². The number of nitrogens with zero attached hydrogens (tertiary/aromatic N) is 2. The normalized spacial score (nSPS) is 19.7. The van der Waals surface area contributed by atoms with Gasteiger partial charge in [-0.1, -0.05) is 12.1 Å². The van der Waals surface area contributed by atoms with E-state index in [0.717, 1.165) is 0 Å². The molecule has 0 saturated carbocycles. The number of halogens is 1. The lowest BCUT2D eigenvalue weighted by Crippen LogP contribution is -2.56. The lowest BCUT2D eigenvalue weighted by atomic mass is 10.2. The van der Waals surface area contributed by atoms with Crippen molar-refractivity contribution in [3.63, 3.8) is 0 Å². The second-order valence-electron chi connectivity index (χ2n) is 7.26. The third-order valence-electron chi connectivity index (χ3n) is 3.87. The summed E-state index contributed by atoms with van der Waals surface area (Å²) >= 11 is 0. The number of hydrogen-bond acceptors (Lipinski definition) is 4. The lowest BCUT2D eigenvalue weighted by molar-refractivity contribution is 0.00857. The molecule has 25 heavy (non-hydrogen) atoms. The predicted octanol–water partition coefficient (Wildman–Crippen LogP) is 2.60. The van der Waals surface area contributed by atoms with Crippen LogP contribution >= 0.6 is 0 Å². The molecule has 1 fully saturated rings. The van der Waals surface area contributed by atoms with Crippen molar-refractivity contribution in [2.45, 2.75) is 45.1 Å². The minimum absolute atomic E-state index is 0.188. The Balaban J connectivity index is 2.01. The summed E-state index contributed by atoms with van der Waals surface area (Å²) in [5, 5.41) is 0. The number of sulfonamides is 1. The summed E-state index contributed by atoms with van der Waals surface area (Å²) in [5.74, 6) is -0.590. The molecule has 1 amide bonds. The largest absolute Gasteiger partial charge is 0.444 e. The number of piperazine rings is 1. The minimum atomic E-state index is -3.53. The molecule has 1 aliphatic rings. The van der Waals surface area contributed by atoms with E-state index in [-0.39, 0.29) is 31.4 Å². The molecule has 0 N–H and O–H groups in total. The monoisotopic (exact) mass is 372 g/mol. The van der Waals surface area contributed by atoms with Gasteiger partial charge in [0.25, 0.3) is 0 Å². The third kappa shape index (κ3) is 5.40. The standard InChI is InChI=1S/C17H25FN2O4S/c1-13-11-19(9-10-20(13)16(21)24-17(2,3)4)25(22,23)12-14-5-7-15(18)8-6-14/h5-8,13H,9-12H2,1-4H3.